The number of hydrogen-bond acceptors (Lipinski definition) is 7. The van der Waals surface area contributed by atoms with Crippen LogP contribution in [0.15, 0.2) is 22.4 Å². The Labute approximate surface area is 117 Å². The minimum absolute atomic E-state index is 0.162. The van der Waals surface area contributed by atoms with Gasteiger partial charge in [-0.2, -0.15) is 4.52 Å². The quantitative estimate of drug-likeness (QED) is 0.733. The average Bonchev–Trinajstić information content (AvgIpc) is 2.96. The summed E-state index contributed by atoms with van der Waals surface area (Å²) in [6.07, 6.45) is 1.50. The lowest BCUT2D eigenvalue weighted by Crippen LogP contribution is -2.18. The Kier molecular flexibility index (Phi) is 3.03. The van der Waals surface area contributed by atoms with E-state index in [1.807, 2.05) is 24.3 Å². The van der Waals surface area contributed by atoms with Gasteiger partial charge in [0.05, 0.1) is 17.2 Å². The van der Waals surface area contributed by atoms with Gasteiger partial charge >= 0.3 is 0 Å². The Morgan fingerprint density at radius 1 is 1.47 bits per heavy atom. The fraction of sp³-hybridized carbons (Fsp3) is 0.273. The molecule has 3 heterocycles. The molecule has 3 aromatic rings. The normalized spacial score (nSPS) is 11.1. The number of rotatable bonds is 3. The van der Waals surface area contributed by atoms with Crippen LogP contribution in [0.25, 0.3) is 4.96 Å². The molecule has 3 rings (SSSR count). The van der Waals surface area contributed by atoms with Crippen molar-refractivity contribution < 1.29 is 0 Å². The number of fused-ring (bicyclic) bond motifs is 1. The molecule has 0 N–H and O–H groups in total. The van der Waals surface area contributed by atoms with E-state index in [0.29, 0.717) is 11.5 Å². The summed E-state index contributed by atoms with van der Waals surface area (Å²) >= 11 is 3.01. The summed E-state index contributed by atoms with van der Waals surface area (Å²) in [5.41, 5.74) is 0.843. The maximum Gasteiger partial charge on any atom is 0.275 e. The first-order valence-corrected chi connectivity index (χ1v) is 7.30. The van der Waals surface area contributed by atoms with Crippen molar-refractivity contribution in [2.75, 3.05) is 11.9 Å². The van der Waals surface area contributed by atoms with E-state index in [2.05, 4.69) is 15.1 Å². The van der Waals surface area contributed by atoms with Crippen LogP contribution in [0, 0.1) is 6.92 Å². The molecule has 8 heteroatoms. The van der Waals surface area contributed by atoms with Gasteiger partial charge in [0.25, 0.3) is 5.56 Å². The standard InChI is InChI=1S/C11H11N5OS2/c1-7-13-8(6-18-7)5-15(2)11-14-16-9(17)3-4-12-10(16)19-11/h3-4,6H,5H2,1-2H3. The van der Waals surface area contributed by atoms with Crippen LogP contribution in [0.1, 0.15) is 10.7 Å². The summed E-state index contributed by atoms with van der Waals surface area (Å²) in [6.45, 7) is 2.65. The number of aromatic nitrogens is 4. The summed E-state index contributed by atoms with van der Waals surface area (Å²) in [5.74, 6) is 0. The maximum atomic E-state index is 11.6. The van der Waals surface area contributed by atoms with Crippen molar-refractivity contribution in [2.45, 2.75) is 13.5 Å². The zero-order valence-corrected chi connectivity index (χ0v) is 12.0. The third-order valence-electron chi connectivity index (χ3n) is 2.55. The lowest BCUT2D eigenvalue weighted by Gasteiger charge is -2.12. The Balaban J connectivity index is 1.91. The molecule has 0 fully saturated rings. The smallest absolute Gasteiger partial charge is 0.275 e. The molecule has 19 heavy (non-hydrogen) atoms. The molecule has 6 nitrogen and oxygen atoms in total. The van der Waals surface area contributed by atoms with Crippen molar-refractivity contribution in [3.63, 3.8) is 0 Å². The second-order valence-corrected chi connectivity index (χ2v) is 6.07. The van der Waals surface area contributed by atoms with Gasteiger partial charge in [-0.05, 0) is 6.92 Å². The Morgan fingerprint density at radius 3 is 3.00 bits per heavy atom. The zero-order valence-electron chi connectivity index (χ0n) is 10.4. The summed E-state index contributed by atoms with van der Waals surface area (Å²) in [5, 5.41) is 8.11. The second-order valence-electron chi connectivity index (χ2n) is 4.08. The van der Waals surface area contributed by atoms with E-state index in [1.165, 1.54) is 28.1 Å². The Morgan fingerprint density at radius 2 is 2.32 bits per heavy atom. The fourth-order valence-corrected chi connectivity index (χ4v) is 3.12. The predicted octanol–water partition coefficient (Wildman–Crippen LogP) is 1.55. The molecule has 0 unspecified atom stereocenters. The average molecular weight is 293 g/mol. The van der Waals surface area contributed by atoms with Gasteiger partial charge in [-0.3, -0.25) is 4.79 Å². The molecule has 98 valence electrons. The van der Waals surface area contributed by atoms with Crippen LogP contribution >= 0.6 is 22.7 Å². The maximum absolute atomic E-state index is 11.6. The lowest BCUT2D eigenvalue weighted by atomic mass is 10.4. The molecule has 0 aliphatic rings. The van der Waals surface area contributed by atoms with Crippen molar-refractivity contribution in [1.29, 1.82) is 0 Å². The molecule has 0 atom stereocenters. The predicted molar refractivity (Wildman–Crippen MR) is 76.1 cm³/mol. The van der Waals surface area contributed by atoms with E-state index >= 15 is 0 Å². The Hall–Kier alpha value is -1.80. The molecule has 0 saturated heterocycles. The van der Waals surface area contributed by atoms with Crippen LogP contribution in [0.2, 0.25) is 0 Å². The lowest BCUT2D eigenvalue weighted by molar-refractivity contribution is 0.833. The highest BCUT2D eigenvalue weighted by Crippen LogP contribution is 2.21. The van der Waals surface area contributed by atoms with E-state index < -0.39 is 0 Å². The van der Waals surface area contributed by atoms with Crippen molar-refractivity contribution in [2.24, 2.45) is 0 Å². The molecule has 0 aromatic carbocycles. The summed E-state index contributed by atoms with van der Waals surface area (Å²) in [7, 11) is 1.93. The van der Waals surface area contributed by atoms with Gasteiger partial charge in [-0.25, -0.2) is 9.97 Å². The third kappa shape index (κ3) is 2.36. The molecule has 3 aromatic heterocycles. The van der Waals surface area contributed by atoms with Gasteiger partial charge in [0, 0.05) is 24.7 Å². The van der Waals surface area contributed by atoms with Crippen LogP contribution in [-0.4, -0.2) is 26.6 Å². The zero-order chi connectivity index (χ0) is 13.4. The number of thiazole rings is 1. The first-order chi connectivity index (χ1) is 9.13. The van der Waals surface area contributed by atoms with Crippen LogP contribution in [-0.2, 0) is 6.54 Å². The van der Waals surface area contributed by atoms with Gasteiger partial charge in [0.15, 0.2) is 0 Å². The second kappa shape index (κ2) is 4.71. The molecule has 0 saturated carbocycles. The largest absolute Gasteiger partial charge is 0.344 e. The highest BCUT2D eigenvalue weighted by atomic mass is 32.1. The van der Waals surface area contributed by atoms with Crippen molar-refractivity contribution in [1.82, 2.24) is 19.6 Å². The molecule has 0 aliphatic carbocycles. The highest BCUT2D eigenvalue weighted by Gasteiger charge is 2.11. The molecule has 0 bridgehead atoms. The molecule has 0 aliphatic heterocycles. The van der Waals surface area contributed by atoms with Gasteiger partial charge in [-0.15, -0.1) is 16.4 Å². The first-order valence-electron chi connectivity index (χ1n) is 5.60. The van der Waals surface area contributed by atoms with Crippen molar-refractivity contribution in [3.05, 3.63) is 38.7 Å². The van der Waals surface area contributed by atoms with Gasteiger partial charge in [0.2, 0.25) is 10.1 Å². The van der Waals surface area contributed by atoms with E-state index in [9.17, 15) is 4.79 Å². The van der Waals surface area contributed by atoms with E-state index in [-0.39, 0.29) is 5.56 Å². The molecular weight excluding hydrogens is 282 g/mol. The van der Waals surface area contributed by atoms with Crippen LogP contribution < -0.4 is 10.5 Å². The molecule has 0 amide bonds. The summed E-state index contributed by atoms with van der Waals surface area (Å²) in [4.78, 5) is 22.7. The van der Waals surface area contributed by atoms with Crippen molar-refractivity contribution in [3.8, 4) is 0 Å². The fourth-order valence-electron chi connectivity index (χ4n) is 1.68. The Bertz CT molecular complexity index is 775. The van der Waals surface area contributed by atoms with Gasteiger partial charge in [-0.1, -0.05) is 11.3 Å². The molecule has 0 spiro atoms. The van der Waals surface area contributed by atoms with E-state index in [0.717, 1.165) is 15.8 Å². The molecular formula is C11H11N5OS2. The number of hydrogen-bond donors (Lipinski definition) is 0. The van der Waals surface area contributed by atoms with E-state index in [4.69, 9.17) is 0 Å². The SMILES string of the molecule is Cc1nc(CN(C)c2nn3c(=O)ccnc3s2)cs1. The van der Waals surface area contributed by atoms with Gasteiger partial charge < -0.3 is 4.90 Å². The summed E-state index contributed by atoms with van der Waals surface area (Å²) < 4.78 is 1.32. The van der Waals surface area contributed by atoms with Crippen LogP contribution in [0.4, 0.5) is 5.13 Å². The van der Waals surface area contributed by atoms with Crippen LogP contribution in [0.5, 0.6) is 0 Å². The number of anilines is 1. The molecule has 0 radical (unpaired) electrons. The first kappa shape index (κ1) is 12.2. The number of aryl methyl sites for hydroxylation is 1. The minimum Gasteiger partial charge on any atom is -0.344 e. The van der Waals surface area contributed by atoms with E-state index in [1.54, 1.807) is 11.3 Å². The highest BCUT2D eigenvalue weighted by molar-refractivity contribution is 7.20. The van der Waals surface area contributed by atoms with Crippen LogP contribution in [0.3, 0.4) is 0 Å². The minimum atomic E-state index is -0.162. The topological polar surface area (TPSA) is 63.4 Å². The third-order valence-corrected chi connectivity index (χ3v) is 4.41. The van der Waals surface area contributed by atoms with Crippen molar-refractivity contribution >= 4 is 32.8 Å². The monoisotopic (exact) mass is 293 g/mol. The van der Waals surface area contributed by atoms with Gasteiger partial charge in [0.1, 0.15) is 0 Å². The summed E-state index contributed by atoms with van der Waals surface area (Å²) in [6, 6.07) is 1.40. The number of nitrogens with zero attached hydrogens (tertiary/aromatic N) is 5.